The molecule has 1 aromatic rings. The van der Waals surface area contributed by atoms with Crippen LogP contribution in [0.1, 0.15) is 71.3 Å². The van der Waals surface area contributed by atoms with Crippen LogP contribution in [0.15, 0.2) is 40.0 Å². The molecule has 0 fully saturated rings. The van der Waals surface area contributed by atoms with Crippen molar-refractivity contribution in [1.29, 1.82) is 0 Å². The van der Waals surface area contributed by atoms with Crippen LogP contribution in [0.5, 0.6) is 0 Å². The zero-order valence-electron chi connectivity index (χ0n) is 19.8. The number of allylic oxidation sites excluding steroid dienone is 4. The van der Waals surface area contributed by atoms with Crippen LogP contribution in [0.25, 0.3) is 11.6 Å². The zero-order valence-corrected chi connectivity index (χ0v) is 19.8. The number of rotatable bonds is 7. The maximum atomic E-state index is 12.5. The van der Waals surface area contributed by atoms with Crippen molar-refractivity contribution in [1.82, 2.24) is 20.6 Å². The summed E-state index contributed by atoms with van der Waals surface area (Å²) in [7, 11) is 1.61. The summed E-state index contributed by atoms with van der Waals surface area (Å²) in [5.74, 6) is 1.42. The standard InChI is InChI=1S/C23H34N6O2/c1-9-12-13-20-16(5)25-14-26-21(20)19(11-3)22(24-8)28-23(30)27-18(7)29-31-17(6)15(4)10-2/h11-14H,9-10H2,1-8H3,(H2,24,27,28,29,30)/b13-12-,17-15-,19-11-. The molecule has 0 spiro atoms. The molecule has 0 saturated carbocycles. The van der Waals surface area contributed by atoms with Crippen molar-refractivity contribution in [2.24, 2.45) is 10.1 Å². The van der Waals surface area contributed by atoms with Crippen LogP contribution in [-0.4, -0.2) is 34.7 Å². The van der Waals surface area contributed by atoms with E-state index in [0.29, 0.717) is 28.7 Å². The molecule has 0 aliphatic rings. The van der Waals surface area contributed by atoms with Crippen LogP contribution in [0.2, 0.25) is 0 Å². The van der Waals surface area contributed by atoms with E-state index in [4.69, 9.17) is 4.84 Å². The smallest absolute Gasteiger partial charge is 0.325 e. The molecule has 1 rings (SSSR count). The Kier molecular flexibility index (Phi) is 10.9. The fourth-order valence-corrected chi connectivity index (χ4v) is 2.55. The van der Waals surface area contributed by atoms with Gasteiger partial charge in [0.1, 0.15) is 23.8 Å². The van der Waals surface area contributed by atoms with Crippen LogP contribution in [0.3, 0.4) is 0 Å². The highest BCUT2D eigenvalue weighted by Gasteiger charge is 2.17. The van der Waals surface area contributed by atoms with Crippen LogP contribution >= 0.6 is 0 Å². The van der Waals surface area contributed by atoms with Crippen molar-refractivity contribution in [3.63, 3.8) is 0 Å². The zero-order chi connectivity index (χ0) is 23.4. The minimum absolute atomic E-state index is 0.322. The molecule has 8 heteroatoms. The first-order valence-electron chi connectivity index (χ1n) is 10.4. The number of urea groups is 1. The first-order valence-corrected chi connectivity index (χ1v) is 10.4. The molecule has 2 amide bonds. The molecule has 0 radical (unpaired) electrons. The van der Waals surface area contributed by atoms with Gasteiger partial charge in [-0.2, -0.15) is 0 Å². The summed E-state index contributed by atoms with van der Waals surface area (Å²) < 4.78 is 0. The van der Waals surface area contributed by atoms with Crippen molar-refractivity contribution in [2.75, 3.05) is 7.05 Å². The SMILES string of the molecule is C/C=C(\C(=NC)NC(=O)N/C(C)=N/O/C(C)=C(/C)CC)c1ncnc(C)c1/C=C\CC. The van der Waals surface area contributed by atoms with Gasteiger partial charge in [0, 0.05) is 23.9 Å². The van der Waals surface area contributed by atoms with E-state index < -0.39 is 6.03 Å². The molecule has 0 saturated heterocycles. The van der Waals surface area contributed by atoms with E-state index in [0.717, 1.165) is 29.7 Å². The van der Waals surface area contributed by atoms with Gasteiger partial charge >= 0.3 is 6.03 Å². The average molecular weight is 427 g/mol. The van der Waals surface area contributed by atoms with Gasteiger partial charge in [0.2, 0.25) is 0 Å². The second kappa shape index (κ2) is 13.1. The van der Waals surface area contributed by atoms with Gasteiger partial charge in [-0.25, -0.2) is 14.8 Å². The lowest BCUT2D eigenvalue weighted by Crippen LogP contribution is -2.42. The van der Waals surface area contributed by atoms with Gasteiger partial charge in [-0.15, -0.1) is 0 Å². The van der Waals surface area contributed by atoms with Crippen LogP contribution in [-0.2, 0) is 4.84 Å². The van der Waals surface area contributed by atoms with Gasteiger partial charge in [-0.3, -0.25) is 15.6 Å². The first-order chi connectivity index (χ1) is 14.8. The summed E-state index contributed by atoms with van der Waals surface area (Å²) in [6.07, 6.45) is 9.16. The minimum Gasteiger partial charge on any atom is -0.360 e. The summed E-state index contributed by atoms with van der Waals surface area (Å²) in [6, 6.07) is -0.477. The molecular formula is C23H34N6O2. The molecule has 0 unspecified atom stereocenters. The lowest BCUT2D eigenvalue weighted by atomic mass is 10.0. The van der Waals surface area contributed by atoms with Crippen LogP contribution < -0.4 is 10.6 Å². The van der Waals surface area contributed by atoms with Crippen molar-refractivity contribution >= 4 is 29.4 Å². The minimum atomic E-state index is -0.477. The lowest BCUT2D eigenvalue weighted by Gasteiger charge is -2.15. The molecule has 0 aliphatic heterocycles. The highest BCUT2D eigenvalue weighted by Crippen LogP contribution is 2.21. The van der Waals surface area contributed by atoms with E-state index >= 15 is 0 Å². The van der Waals surface area contributed by atoms with Gasteiger partial charge in [0.25, 0.3) is 0 Å². The Morgan fingerprint density at radius 1 is 1.19 bits per heavy atom. The lowest BCUT2D eigenvalue weighted by molar-refractivity contribution is 0.221. The van der Waals surface area contributed by atoms with E-state index in [1.807, 2.05) is 52.8 Å². The number of carbonyl (C=O) groups excluding carboxylic acids is 1. The third kappa shape index (κ3) is 7.81. The number of nitrogens with zero attached hydrogens (tertiary/aromatic N) is 4. The number of carbonyl (C=O) groups is 1. The van der Waals surface area contributed by atoms with Crippen LogP contribution in [0, 0.1) is 6.92 Å². The average Bonchev–Trinajstić information content (AvgIpc) is 2.75. The Bertz CT molecular complexity index is 926. The quantitative estimate of drug-likeness (QED) is 0.277. The molecule has 0 aliphatic carbocycles. The number of oxime groups is 1. The number of amidine groups is 2. The predicted molar refractivity (Wildman–Crippen MR) is 128 cm³/mol. The summed E-state index contributed by atoms with van der Waals surface area (Å²) >= 11 is 0. The highest BCUT2D eigenvalue weighted by atomic mass is 16.6. The number of aromatic nitrogens is 2. The van der Waals surface area contributed by atoms with Crippen molar-refractivity contribution in [2.45, 2.75) is 61.3 Å². The molecule has 1 aromatic heterocycles. The summed E-state index contributed by atoms with van der Waals surface area (Å²) in [6.45, 7) is 13.4. The third-order valence-corrected chi connectivity index (χ3v) is 4.60. The molecule has 8 nitrogen and oxygen atoms in total. The number of aryl methyl sites for hydroxylation is 1. The molecule has 1 heterocycles. The van der Waals surface area contributed by atoms with E-state index in [-0.39, 0.29) is 0 Å². The number of nitrogens with one attached hydrogen (secondary N) is 2. The maximum Gasteiger partial charge on any atom is 0.325 e. The van der Waals surface area contributed by atoms with Gasteiger partial charge < -0.3 is 4.84 Å². The monoisotopic (exact) mass is 426 g/mol. The Morgan fingerprint density at radius 3 is 2.48 bits per heavy atom. The van der Waals surface area contributed by atoms with Gasteiger partial charge in [-0.05, 0) is 53.0 Å². The number of hydrogen-bond acceptors (Lipinski definition) is 6. The second-order valence-corrected chi connectivity index (χ2v) is 6.84. The molecule has 0 bridgehead atoms. The first kappa shape index (κ1) is 25.7. The molecule has 2 N–H and O–H groups in total. The normalized spacial score (nSPS) is 13.9. The largest absolute Gasteiger partial charge is 0.360 e. The third-order valence-electron chi connectivity index (χ3n) is 4.60. The maximum absolute atomic E-state index is 12.5. The van der Waals surface area contributed by atoms with E-state index in [1.54, 1.807) is 14.0 Å². The Morgan fingerprint density at radius 2 is 1.90 bits per heavy atom. The fraction of sp³-hybridized carbons (Fsp3) is 0.435. The van der Waals surface area contributed by atoms with Crippen LogP contribution in [0.4, 0.5) is 4.79 Å². The Balaban J connectivity index is 3.04. The summed E-state index contributed by atoms with van der Waals surface area (Å²) in [5, 5.41) is 9.37. The molecular weight excluding hydrogens is 392 g/mol. The van der Waals surface area contributed by atoms with Crippen molar-refractivity contribution in [3.8, 4) is 0 Å². The van der Waals surface area contributed by atoms with E-state index in [2.05, 4.69) is 37.7 Å². The van der Waals surface area contributed by atoms with E-state index in [1.165, 1.54) is 6.33 Å². The van der Waals surface area contributed by atoms with Gasteiger partial charge in [0.05, 0.1) is 5.69 Å². The van der Waals surface area contributed by atoms with E-state index in [9.17, 15) is 4.79 Å². The van der Waals surface area contributed by atoms with Crippen molar-refractivity contribution < 1.29 is 9.63 Å². The van der Waals surface area contributed by atoms with Crippen molar-refractivity contribution in [3.05, 3.63) is 46.8 Å². The molecule has 168 valence electrons. The summed E-state index contributed by atoms with van der Waals surface area (Å²) in [4.78, 5) is 30.8. The Hall–Kier alpha value is -3.29. The molecule has 0 aromatic carbocycles. The summed E-state index contributed by atoms with van der Waals surface area (Å²) in [5.41, 5.74) is 4.22. The molecule has 31 heavy (non-hydrogen) atoms. The topological polar surface area (TPSA) is 101 Å². The predicted octanol–water partition coefficient (Wildman–Crippen LogP) is 4.99. The number of amides is 2. The molecule has 0 atom stereocenters. The van der Waals surface area contributed by atoms with Gasteiger partial charge in [0.15, 0.2) is 0 Å². The highest BCUT2D eigenvalue weighted by molar-refractivity contribution is 6.27. The Labute approximate surface area is 185 Å². The number of aliphatic imine (C=N–C) groups is 1. The van der Waals surface area contributed by atoms with Gasteiger partial charge in [-0.1, -0.05) is 37.2 Å². The second-order valence-electron chi connectivity index (χ2n) is 6.84. The fourth-order valence-electron chi connectivity index (χ4n) is 2.55. The number of hydrogen-bond donors (Lipinski definition) is 2.